The van der Waals surface area contributed by atoms with Crippen LogP contribution >= 0.6 is 0 Å². The number of carbonyl (C=O) groups is 2. The molecule has 4 N–H and O–H groups in total. The predicted molar refractivity (Wildman–Crippen MR) is 116 cm³/mol. The molecule has 29 heavy (non-hydrogen) atoms. The van der Waals surface area contributed by atoms with Crippen LogP contribution < -0.4 is 10.6 Å². The van der Waals surface area contributed by atoms with E-state index in [1.807, 2.05) is 12.2 Å². The van der Waals surface area contributed by atoms with Gasteiger partial charge in [-0.15, -0.1) is 0 Å². The van der Waals surface area contributed by atoms with Crippen LogP contribution in [-0.2, 0) is 9.59 Å². The molecule has 1 aliphatic carbocycles. The maximum Gasteiger partial charge on any atom is 0.243 e. The Morgan fingerprint density at radius 2 is 1.03 bits per heavy atom. The molecule has 0 aromatic carbocycles. The average Bonchev–Trinajstić information content (AvgIpc) is 3.42. The van der Waals surface area contributed by atoms with Gasteiger partial charge in [0.2, 0.25) is 11.8 Å². The van der Waals surface area contributed by atoms with Crippen LogP contribution in [0.1, 0.15) is 83.5 Å². The highest BCUT2D eigenvalue weighted by Gasteiger charge is 2.38. The highest BCUT2D eigenvalue weighted by molar-refractivity contribution is 5.89. The van der Waals surface area contributed by atoms with Crippen molar-refractivity contribution in [1.29, 1.82) is 0 Å². The molecule has 0 aliphatic heterocycles. The quantitative estimate of drug-likeness (QED) is 0.207. The topological polar surface area (TPSA) is 98.7 Å². The molecule has 0 heterocycles. The Kier molecular flexibility index (Phi) is 15.1. The Labute approximate surface area is 175 Å². The van der Waals surface area contributed by atoms with Gasteiger partial charge < -0.3 is 20.8 Å². The third kappa shape index (κ3) is 14.9. The van der Waals surface area contributed by atoms with E-state index in [0.29, 0.717) is 0 Å². The molecule has 1 rings (SSSR count). The van der Waals surface area contributed by atoms with E-state index in [2.05, 4.69) is 10.6 Å². The summed E-state index contributed by atoms with van der Waals surface area (Å²) in [4.78, 5) is 23.7. The molecule has 0 unspecified atom stereocenters. The molecule has 2 atom stereocenters. The number of nitrogens with one attached hydrogen (secondary N) is 2. The zero-order valence-corrected chi connectivity index (χ0v) is 17.8. The lowest BCUT2D eigenvalue weighted by molar-refractivity contribution is -0.118. The summed E-state index contributed by atoms with van der Waals surface area (Å²) in [6, 6.07) is 0.0732. The summed E-state index contributed by atoms with van der Waals surface area (Å²) in [6.07, 6.45) is 20.1. The van der Waals surface area contributed by atoms with Crippen LogP contribution in [0.4, 0.5) is 0 Å². The zero-order valence-electron chi connectivity index (χ0n) is 17.8. The van der Waals surface area contributed by atoms with Crippen molar-refractivity contribution in [3.63, 3.8) is 0 Å². The van der Waals surface area contributed by atoms with Gasteiger partial charge in [-0.25, -0.2) is 0 Å². The number of aliphatic hydroxyl groups is 2. The fourth-order valence-corrected chi connectivity index (χ4v) is 3.17. The van der Waals surface area contributed by atoms with E-state index in [9.17, 15) is 9.59 Å². The van der Waals surface area contributed by atoms with Crippen LogP contribution in [0.3, 0.4) is 0 Å². The number of carbonyl (C=O) groups excluding carboxylic acids is 2. The highest BCUT2D eigenvalue weighted by Crippen LogP contribution is 2.21. The highest BCUT2D eigenvalue weighted by atomic mass is 16.3. The van der Waals surface area contributed by atoms with Gasteiger partial charge in [0.15, 0.2) is 0 Å². The fourth-order valence-electron chi connectivity index (χ4n) is 3.17. The van der Waals surface area contributed by atoms with E-state index in [1.54, 1.807) is 12.2 Å². The Hall–Kier alpha value is -1.66. The van der Waals surface area contributed by atoms with E-state index in [1.165, 1.54) is 0 Å². The summed E-state index contributed by atoms with van der Waals surface area (Å²) in [5.74, 6) is -0.187. The molecule has 0 radical (unpaired) electrons. The van der Waals surface area contributed by atoms with Gasteiger partial charge in [0.25, 0.3) is 0 Å². The summed E-state index contributed by atoms with van der Waals surface area (Å²) in [6.45, 7) is 0.539. The number of hydrogen-bond acceptors (Lipinski definition) is 4. The van der Waals surface area contributed by atoms with Gasteiger partial charge >= 0.3 is 0 Å². The summed E-state index contributed by atoms with van der Waals surface area (Å²) in [7, 11) is 0. The summed E-state index contributed by atoms with van der Waals surface area (Å²) in [5, 5.41) is 23.3. The summed E-state index contributed by atoms with van der Waals surface area (Å²) < 4.78 is 0. The standard InChI is InChI=1S/C23H40N2O4/c26-17-13-9-5-1-3-7-11-15-22(28)24-20-19-21(20)25-23(29)16-12-8-4-2-6-10-14-18-27/h11-12,15-16,20-21,26-27H,1-10,13-14,17-19H2,(H,24,28)(H,25,29)/t20-,21+. The molecule has 1 aliphatic rings. The largest absolute Gasteiger partial charge is 0.396 e. The first-order chi connectivity index (χ1) is 14.2. The molecular formula is C23H40N2O4. The van der Waals surface area contributed by atoms with Gasteiger partial charge in [0, 0.05) is 13.2 Å². The Morgan fingerprint density at radius 1 is 0.655 bits per heavy atom. The predicted octanol–water partition coefficient (Wildman–Crippen LogP) is 3.14. The van der Waals surface area contributed by atoms with Crippen LogP contribution in [0.5, 0.6) is 0 Å². The van der Waals surface area contributed by atoms with Gasteiger partial charge in [0.1, 0.15) is 0 Å². The van der Waals surface area contributed by atoms with E-state index in [0.717, 1.165) is 83.5 Å². The van der Waals surface area contributed by atoms with E-state index in [4.69, 9.17) is 10.2 Å². The van der Waals surface area contributed by atoms with Gasteiger partial charge in [0.05, 0.1) is 12.1 Å². The van der Waals surface area contributed by atoms with Crippen molar-refractivity contribution < 1.29 is 19.8 Å². The fraction of sp³-hybridized carbons (Fsp3) is 0.739. The molecule has 0 spiro atoms. The van der Waals surface area contributed by atoms with E-state index < -0.39 is 0 Å². The lowest BCUT2D eigenvalue weighted by Crippen LogP contribution is -2.33. The van der Waals surface area contributed by atoms with E-state index >= 15 is 0 Å². The van der Waals surface area contributed by atoms with Crippen molar-refractivity contribution in [2.24, 2.45) is 0 Å². The summed E-state index contributed by atoms with van der Waals surface area (Å²) in [5.41, 5.74) is 0. The van der Waals surface area contributed by atoms with Crippen molar-refractivity contribution >= 4 is 11.8 Å². The molecular weight excluding hydrogens is 368 g/mol. The number of allylic oxidation sites excluding steroid dienone is 2. The second kappa shape index (κ2) is 17.2. The molecule has 6 nitrogen and oxygen atoms in total. The Bertz CT molecular complexity index is 461. The van der Waals surface area contributed by atoms with Crippen LogP contribution in [0.15, 0.2) is 24.3 Å². The second-order valence-electron chi connectivity index (χ2n) is 7.83. The minimum absolute atomic E-state index is 0.0366. The number of hydrogen-bond donors (Lipinski definition) is 4. The van der Waals surface area contributed by atoms with Gasteiger partial charge in [-0.3, -0.25) is 9.59 Å². The number of rotatable bonds is 18. The van der Waals surface area contributed by atoms with Crippen LogP contribution in [0, 0.1) is 0 Å². The molecule has 1 fully saturated rings. The SMILES string of the molecule is O=C(C=CCCCCCCCO)N[C@H]1C[C@H]1NC(=O)C=CCCCCCCCO. The molecule has 0 saturated heterocycles. The van der Waals surface area contributed by atoms with Crippen molar-refractivity contribution in [2.75, 3.05) is 13.2 Å². The third-order valence-electron chi connectivity index (χ3n) is 5.04. The van der Waals surface area contributed by atoms with Crippen molar-refractivity contribution in [3.05, 3.63) is 24.3 Å². The van der Waals surface area contributed by atoms with Crippen LogP contribution in [0.25, 0.3) is 0 Å². The van der Waals surface area contributed by atoms with Crippen molar-refractivity contribution in [3.8, 4) is 0 Å². The number of aliphatic hydroxyl groups excluding tert-OH is 2. The van der Waals surface area contributed by atoms with Gasteiger partial charge in [-0.05, 0) is 57.1 Å². The first-order valence-corrected chi connectivity index (χ1v) is 11.3. The lowest BCUT2D eigenvalue weighted by Gasteiger charge is -2.03. The summed E-state index contributed by atoms with van der Waals surface area (Å²) >= 11 is 0. The Balaban J connectivity index is 2.00. The van der Waals surface area contributed by atoms with Crippen molar-refractivity contribution in [2.45, 2.75) is 95.6 Å². The molecule has 0 aromatic rings. The lowest BCUT2D eigenvalue weighted by atomic mass is 10.1. The first-order valence-electron chi connectivity index (χ1n) is 11.3. The van der Waals surface area contributed by atoms with Crippen LogP contribution in [0.2, 0.25) is 0 Å². The molecule has 166 valence electrons. The average molecular weight is 409 g/mol. The maximum absolute atomic E-state index is 11.9. The maximum atomic E-state index is 11.9. The molecule has 0 aromatic heterocycles. The molecule has 6 heteroatoms. The molecule has 1 saturated carbocycles. The van der Waals surface area contributed by atoms with Crippen molar-refractivity contribution in [1.82, 2.24) is 10.6 Å². The van der Waals surface area contributed by atoms with Gasteiger partial charge in [-0.1, -0.05) is 50.7 Å². The van der Waals surface area contributed by atoms with Crippen LogP contribution in [-0.4, -0.2) is 47.3 Å². The molecule has 0 bridgehead atoms. The smallest absolute Gasteiger partial charge is 0.243 e. The normalized spacial score (nSPS) is 18.4. The number of unbranched alkanes of at least 4 members (excludes halogenated alkanes) is 10. The minimum Gasteiger partial charge on any atom is -0.396 e. The number of amides is 2. The monoisotopic (exact) mass is 408 g/mol. The zero-order chi connectivity index (χ0) is 21.2. The van der Waals surface area contributed by atoms with E-state index in [-0.39, 0.29) is 37.1 Å². The minimum atomic E-state index is -0.0937. The Morgan fingerprint density at radius 3 is 1.45 bits per heavy atom. The third-order valence-corrected chi connectivity index (χ3v) is 5.04. The molecule has 2 amide bonds. The first kappa shape index (κ1) is 25.4. The second-order valence-corrected chi connectivity index (χ2v) is 7.83. The van der Waals surface area contributed by atoms with Gasteiger partial charge in [-0.2, -0.15) is 0 Å².